The summed E-state index contributed by atoms with van der Waals surface area (Å²) < 4.78 is 79.8. The highest BCUT2D eigenvalue weighted by Gasteiger charge is 2.43. The third-order valence-electron chi connectivity index (χ3n) is 7.44. The molecule has 2 aromatic rings. The Labute approximate surface area is 245 Å². The third kappa shape index (κ3) is 6.73. The fraction of sp³-hybridized carbons (Fsp3) is 0.462. The highest BCUT2D eigenvalue weighted by molar-refractivity contribution is 7.88. The van der Waals surface area contributed by atoms with Crippen LogP contribution in [0.4, 0.5) is 22.4 Å². The lowest BCUT2D eigenvalue weighted by atomic mass is 9.92. The zero-order valence-corrected chi connectivity index (χ0v) is 24.5. The average molecular weight is 639 g/mol. The Kier molecular flexibility index (Phi) is 9.13. The van der Waals surface area contributed by atoms with E-state index in [9.17, 15) is 35.6 Å². The van der Waals surface area contributed by atoms with E-state index in [2.05, 4.69) is 0 Å². The molecule has 2 fully saturated rings. The largest absolute Gasteiger partial charge is 0.416 e. The first-order valence-corrected chi connectivity index (χ1v) is 15.3. The maximum atomic E-state index is 14.7. The van der Waals surface area contributed by atoms with Gasteiger partial charge in [-0.25, -0.2) is 17.6 Å². The van der Waals surface area contributed by atoms with Crippen LogP contribution in [0.3, 0.4) is 0 Å². The molecule has 1 unspecified atom stereocenters. The number of nitrogens with zero attached hydrogens (tertiary/aromatic N) is 4. The van der Waals surface area contributed by atoms with Crippen molar-refractivity contribution in [3.8, 4) is 0 Å². The Morgan fingerprint density at radius 3 is 2.20 bits per heavy atom. The van der Waals surface area contributed by atoms with Gasteiger partial charge in [-0.15, -0.1) is 0 Å². The van der Waals surface area contributed by atoms with Crippen molar-refractivity contribution < 1.29 is 35.6 Å². The number of likely N-dealkylation sites (N-methyl/N-ethyl adjacent to an activating group) is 1. The van der Waals surface area contributed by atoms with E-state index in [4.69, 9.17) is 23.2 Å². The van der Waals surface area contributed by atoms with E-state index in [0.29, 0.717) is 23.8 Å². The summed E-state index contributed by atoms with van der Waals surface area (Å²) in [6, 6.07) is 5.42. The van der Waals surface area contributed by atoms with Gasteiger partial charge in [-0.2, -0.15) is 17.5 Å². The van der Waals surface area contributed by atoms with Crippen molar-refractivity contribution in [3.05, 3.63) is 69.0 Å². The number of carbonyl (C=O) groups is 2. The zero-order chi connectivity index (χ0) is 30.3. The molecule has 0 saturated carbocycles. The van der Waals surface area contributed by atoms with Crippen molar-refractivity contribution in [2.75, 3.05) is 52.1 Å². The maximum absolute atomic E-state index is 14.7. The minimum atomic E-state index is -4.78. The Morgan fingerprint density at radius 1 is 0.976 bits per heavy atom. The SMILES string of the molecule is CCN(C(=O)c1cc(C(F)(F)F)ccc1F)[C@@H]1CN(C(=O)N2CCN(S(C)(=O)=O)CC2)CC1c1ccc(Cl)c(Cl)c1. The number of hydrogen-bond donors (Lipinski definition) is 0. The fourth-order valence-corrected chi connectivity index (χ4v) is 6.42. The van der Waals surface area contributed by atoms with Crippen molar-refractivity contribution in [1.82, 2.24) is 19.0 Å². The summed E-state index contributed by atoms with van der Waals surface area (Å²) in [6.45, 7) is 2.36. The number of carbonyl (C=O) groups excluding carboxylic acids is 2. The van der Waals surface area contributed by atoms with Crippen LogP contribution in [0.5, 0.6) is 0 Å². The van der Waals surface area contributed by atoms with Crippen molar-refractivity contribution in [3.63, 3.8) is 0 Å². The summed E-state index contributed by atoms with van der Waals surface area (Å²) in [4.78, 5) is 31.4. The molecule has 15 heteroatoms. The summed E-state index contributed by atoms with van der Waals surface area (Å²) in [5.74, 6) is -2.56. The smallest absolute Gasteiger partial charge is 0.333 e. The minimum Gasteiger partial charge on any atom is -0.333 e. The summed E-state index contributed by atoms with van der Waals surface area (Å²) in [7, 11) is -3.41. The van der Waals surface area contributed by atoms with E-state index in [1.54, 1.807) is 25.1 Å². The van der Waals surface area contributed by atoms with Crippen LogP contribution in [0, 0.1) is 5.82 Å². The first-order valence-electron chi connectivity index (χ1n) is 12.7. The number of alkyl halides is 3. The molecule has 8 nitrogen and oxygen atoms in total. The molecule has 0 aliphatic carbocycles. The standard InChI is InChI=1S/C26H28Cl2F4N4O4S/c1-3-36(24(37)18-13-17(26(30,31)32)5-7-22(18)29)23-15-34(14-19(23)16-4-6-20(27)21(28)12-16)25(38)33-8-10-35(11-9-33)41(2,39)40/h4-7,12-13,19,23H,3,8-11,14-15H2,1-2H3/t19?,23-/m1/s1. The van der Waals surface area contributed by atoms with E-state index in [-0.39, 0.29) is 61.9 Å². The second kappa shape index (κ2) is 11.9. The molecule has 2 heterocycles. The molecule has 0 radical (unpaired) electrons. The number of urea groups is 1. The number of hydrogen-bond acceptors (Lipinski definition) is 4. The molecule has 2 aromatic carbocycles. The van der Waals surface area contributed by atoms with Gasteiger partial charge in [0.25, 0.3) is 5.91 Å². The van der Waals surface area contributed by atoms with Crippen LogP contribution in [0.15, 0.2) is 36.4 Å². The van der Waals surface area contributed by atoms with Crippen LogP contribution in [0.25, 0.3) is 0 Å². The van der Waals surface area contributed by atoms with Gasteiger partial charge in [0.2, 0.25) is 10.0 Å². The van der Waals surface area contributed by atoms with E-state index >= 15 is 0 Å². The predicted molar refractivity (Wildman–Crippen MR) is 146 cm³/mol. The van der Waals surface area contributed by atoms with Gasteiger partial charge in [0, 0.05) is 51.7 Å². The van der Waals surface area contributed by atoms with Crippen LogP contribution < -0.4 is 0 Å². The lowest BCUT2D eigenvalue weighted by molar-refractivity contribution is -0.137. The Bertz CT molecular complexity index is 1440. The normalized spacial score (nSPS) is 20.4. The molecule has 0 N–H and O–H groups in total. The van der Waals surface area contributed by atoms with Gasteiger partial charge in [0.15, 0.2) is 0 Å². The number of piperazine rings is 1. The highest BCUT2D eigenvalue weighted by atomic mass is 35.5. The number of amides is 3. The van der Waals surface area contributed by atoms with Gasteiger partial charge in [-0.1, -0.05) is 29.3 Å². The molecule has 2 aliphatic heterocycles. The lowest BCUT2D eigenvalue weighted by Gasteiger charge is -2.35. The molecule has 0 spiro atoms. The van der Waals surface area contributed by atoms with Crippen LogP contribution >= 0.6 is 23.2 Å². The zero-order valence-electron chi connectivity index (χ0n) is 22.2. The number of likely N-dealkylation sites (tertiary alicyclic amines) is 1. The first-order chi connectivity index (χ1) is 19.1. The molecular formula is C26H28Cl2F4N4O4S. The second-order valence-electron chi connectivity index (χ2n) is 9.97. The predicted octanol–water partition coefficient (Wildman–Crippen LogP) is 4.78. The summed E-state index contributed by atoms with van der Waals surface area (Å²) >= 11 is 12.3. The van der Waals surface area contributed by atoms with Crippen molar-refractivity contribution in [2.45, 2.75) is 25.1 Å². The van der Waals surface area contributed by atoms with E-state index in [1.165, 1.54) is 19.0 Å². The minimum absolute atomic E-state index is 0.0101. The van der Waals surface area contributed by atoms with Gasteiger partial charge in [-0.05, 0) is 42.8 Å². The second-order valence-corrected chi connectivity index (χ2v) is 12.8. The number of benzene rings is 2. The first kappa shape index (κ1) is 31.3. The van der Waals surface area contributed by atoms with Crippen molar-refractivity contribution in [2.24, 2.45) is 0 Å². The topological polar surface area (TPSA) is 81.2 Å². The molecule has 0 bridgehead atoms. The van der Waals surface area contributed by atoms with Crippen LogP contribution in [-0.2, 0) is 16.2 Å². The van der Waals surface area contributed by atoms with Gasteiger partial charge in [0.1, 0.15) is 5.82 Å². The summed E-state index contributed by atoms with van der Waals surface area (Å²) in [5.41, 5.74) is -1.25. The van der Waals surface area contributed by atoms with Gasteiger partial charge < -0.3 is 14.7 Å². The Morgan fingerprint density at radius 2 is 1.63 bits per heavy atom. The fourth-order valence-electron chi connectivity index (χ4n) is 5.29. The molecule has 2 saturated heterocycles. The number of rotatable bonds is 5. The number of sulfonamides is 1. The van der Waals surface area contributed by atoms with Gasteiger partial charge >= 0.3 is 12.2 Å². The lowest BCUT2D eigenvalue weighted by Crippen LogP contribution is -2.54. The summed E-state index contributed by atoms with van der Waals surface area (Å²) in [6.07, 6.45) is -3.68. The van der Waals surface area contributed by atoms with Crippen molar-refractivity contribution in [1.29, 1.82) is 0 Å². The van der Waals surface area contributed by atoms with Gasteiger partial charge in [0.05, 0.1) is 33.5 Å². The third-order valence-corrected chi connectivity index (χ3v) is 9.48. The molecule has 41 heavy (non-hydrogen) atoms. The molecule has 2 aliphatic rings. The molecule has 4 rings (SSSR count). The highest BCUT2D eigenvalue weighted by Crippen LogP contribution is 2.36. The number of halogens is 6. The molecule has 224 valence electrons. The average Bonchev–Trinajstić information content (AvgIpc) is 3.34. The monoisotopic (exact) mass is 638 g/mol. The maximum Gasteiger partial charge on any atom is 0.416 e. The van der Waals surface area contributed by atoms with Crippen LogP contribution in [-0.4, -0.2) is 97.5 Å². The van der Waals surface area contributed by atoms with Crippen LogP contribution in [0.2, 0.25) is 10.0 Å². The Hall–Kier alpha value is -2.61. The molecule has 2 atom stereocenters. The molecule has 3 amide bonds. The Balaban J connectivity index is 1.65. The molecular weight excluding hydrogens is 611 g/mol. The van der Waals surface area contributed by atoms with Crippen LogP contribution in [0.1, 0.15) is 34.3 Å². The quantitative estimate of drug-likeness (QED) is 0.442. The van der Waals surface area contributed by atoms with Crippen molar-refractivity contribution >= 4 is 45.2 Å². The molecule has 0 aromatic heterocycles. The van der Waals surface area contributed by atoms with E-state index in [0.717, 1.165) is 6.26 Å². The van der Waals surface area contributed by atoms with E-state index < -0.39 is 51.0 Å². The summed E-state index contributed by atoms with van der Waals surface area (Å²) in [5, 5.41) is 0.527. The van der Waals surface area contributed by atoms with E-state index in [1.807, 2.05) is 0 Å². The van der Waals surface area contributed by atoms with Gasteiger partial charge in [-0.3, -0.25) is 4.79 Å².